The van der Waals surface area contributed by atoms with Crippen LogP contribution in [-0.4, -0.2) is 24.5 Å². The standard InChI is InChI=1S/C15H14F2N2O3/c1-3-8-15(9-20)10(2)18-19(13(15)21)11-4-6-12(7-5-11)22-14(16)17/h3-7,9,14H,1,8H2,2H3. The first-order valence-electron chi connectivity index (χ1n) is 6.47. The van der Waals surface area contributed by atoms with Gasteiger partial charge in [0.05, 0.1) is 11.4 Å². The molecule has 1 aliphatic heterocycles. The molecule has 0 radical (unpaired) electrons. The van der Waals surface area contributed by atoms with Crippen molar-refractivity contribution in [3.63, 3.8) is 0 Å². The number of hydrogen-bond acceptors (Lipinski definition) is 4. The minimum atomic E-state index is -2.92. The molecule has 0 bridgehead atoms. The normalized spacial score (nSPS) is 21.0. The molecule has 0 saturated heterocycles. The van der Waals surface area contributed by atoms with Crippen LogP contribution in [0, 0.1) is 5.41 Å². The molecule has 5 nitrogen and oxygen atoms in total. The van der Waals surface area contributed by atoms with Gasteiger partial charge in [-0.1, -0.05) is 6.08 Å². The topological polar surface area (TPSA) is 59.0 Å². The van der Waals surface area contributed by atoms with Gasteiger partial charge in [-0.3, -0.25) is 4.79 Å². The molecule has 1 unspecified atom stereocenters. The number of allylic oxidation sites excluding steroid dienone is 1. The highest BCUT2D eigenvalue weighted by atomic mass is 19.3. The van der Waals surface area contributed by atoms with E-state index in [0.29, 0.717) is 17.7 Å². The molecule has 1 aromatic carbocycles. The van der Waals surface area contributed by atoms with Crippen LogP contribution >= 0.6 is 0 Å². The Hall–Kier alpha value is -2.57. The molecule has 1 atom stereocenters. The molecule has 1 amide bonds. The number of anilines is 1. The Bertz CT molecular complexity index is 628. The molecule has 0 aliphatic carbocycles. The zero-order chi connectivity index (χ0) is 16.3. The summed E-state index contributed by atoms with van der Waals surface area (Å²) in [6, 6.07) is 5.43. The van der Waals surface area contributed by atoms with E-state index in [1.165, 1.54) is 30.3 Å². The second-order valence-corrected chi connectivity index (χ2v) is 4.76. The lowest BCUT2D eigenvalue weighted by atomic mass is 9.81. The number of aldehydes is 1. The van der Waals surface area contributed by atoms with E-state index in [1.807, 2.05) is 0 Å². The Kier molecular flexibility index (Phi) is 4.35. The molecule has 0 aromatic heterocycles. The average molecular weight is 308 g/mol. The van der Waals surface area contributed by atoms with Crippen molar-refractivity contribution in [3.05, 3.63) is 36.9 Å². The zero-order valence-corrected chi connectivity index (χ0v) is 11.8. The Balaban J connectivity index is 2.29. The number of carbonyl (C=O) groups is 2. The summed E-state index contributed by atoms with van der Waals surface area (Å²) in [4.78, 5) is 23.9. The average Bonchev–Trinajstić information content (AvgIpc) is 2.73. The molecule has 0 fully saturated rings. The van der Waals surface area contributed by atoms with Crippen molar-refractivity contribution in [1.82, 2.24) is 0 Å². The van der Waals surface area contributed by atoms with Crippen molar-refractivity contribution in [1.29, 1.82) is 0 Å². The van der Waals surface area contributed by atoms with Crippen LogP contribution in [0.4, 0.5) is 14.5 Å². The quantitative estimate of drug-likeness (QED) is 0.461. The van der Waals surface area contributed by atoms with Crippen LogP contribution in [0.15, 0.2) is 42.0 Å². The van der Waals surface area contributed by atoms with Crippen molar-refractivity contribution in [2.75, 3.05) is 5.01 Å². The molecule has 1 aliphatic rings. The van der Waals surface area contributed by atoms with E-state index in [2.05, 4.69) is 16.4 Å². The monoisotopic (exact) mass is 308 g/mol. The summed E-state index contributed by atoms with van der Waals surface area (Å²) in [5.41, 5.74) is -0.626. The van der Waals surface area contributed by atoms with E-state index < -0.39 is 17.9 Å². The highest BCUT2D eigenvalue weighted by Gasteiger charge is 2.48. The molecule has 0 saturated carbocycles. The highest BCUT2D eigenvalue weighted by Crippen LogP contribution is 2.35. The predicted molar refractivity (Wildman–Crippen MR) is 77.0 cm³/mol. The third-order valence-corrected chi connectivity index (χ3v) is 3.44. The van der Waals surface area contributed by atoms with Crippen LogP contribution < -0.4 is 9.75 Å². The maximum absolute atomic E-state index is 12.5. The fourth-order valence-electron chi connectivity index (χ4n) is 2.22. The van der Waals surface area contributed by atoms with Gasteiger partial charge in [-0.25, -0.2) is 0 Å². The van der Waals surface area contributed by atoms with Gasteiger partial charge in [-0.05, 0) is 37.6 Å². The van der Waals surface area contributed by atoms with Gasteiger partial charge in [0.25, 0.3) is 5.91 Å². The number of rotatable bonds is 6. The van der Waals surface area contributed by atoms with Gasteiger partial charge < -0.3 is 9.53 Å². The van der Waals surface area contributed by atoms with Crippen molar-refractivity contribution in [2.45, 2.75) is 20.0 Å². The Labute approximate surface area is 125 Å². The Morgan fingerprint density at radius 2 is 2.05 bits per heavy atom. The molecule has 1 aromatic rings. The van der Waals surface area contributed by atoms with E-state index in [4.69, 9.17) is 0 Å². The number of ether oxygens (including phenoxy) is 1. The van der Waals surface area contributed by atoms with Gasteiger partial charge in [0, 0.05) is 0 Å². The van der Waals surface area contributed by atoms with Gasteiger partial charge in [-0.2, -0.15) is 18.9 Å². The van der Waals surface area contributed by atoms with E-state index in [0.717, 1.165) is 5.01 Å². The molecule has 0 N–H and O–H groups in total. The molecular weight excluding hydrogens is 294 g/mol. The smallest absolute Gasteiger partial charge is 0.387 e. The van der Waals surface area contributed by atoms with Gasteiger partial charge in [0.1, 0.15) is 17.5 Å². The Morgan fingerprint density at radius 1 is 1.41 bits per heavy atom. The number of halogens is 2. The molecule has 2 rings (SSSR count). The number of hydrogen-bond donors (Lipinski definition) is 0. The molecule has 1 heterocycles. The summed E-state index contributed by atoms with van der Waals surface area (Å²) >= 11 is 0. The van der Waals surface area contributed by atoms with Crippen LogP contribution in [0.25, 0.3) is 0 Å². The first-order chi connectivity index (χ1) is 10.4. The van der Waals surface area contributed by atoms with Crippen molar-refractivity contribution in [3.8, 4) is 5.75 Å². The van der Waals surface area contributed by atoms with Gasteiger partial charge >= 0.3 is 6.61 Å². The molecule has 22 heavy (non-hydrogen) atoms. The van der Waals surface area contributed by atoms with Crippen molar-refractivity contribution < 1.29 is 23.1 Å². The van der Waals surface area contributed by atoms with Crippen LogP contribution in [0.5, 0.6) is 5.75 Å². The minimum Gasteiger partial charge on any atom is -0.435 e. The molecule has 0 spiro atoms. The molecule has 7 heteroatoms. The van der Waals surface area contributed by atoms with Gasteiger partial charge in [-0.15, -0.1) is 6.58 Å². The van der Waals surface area contributed by atoms with Gasteiger partial charge in [0.2, 0.25) is 0 Å². The highest BCUT2D eigenvalue weighted by molar-refractivity contribution is 6.27. The Morgan fingerprint density at radius 3 is 2.55 bits per heavy atom. The number of benzene rings is 1. The van der Waals surface area contributed by atoms with Crippen LogP contribution in [0.3, 0.4) is 0 Å². The van der Waals surface area contributed by atoms with E-state index in [9.17, 15) is 18.4 Å². The maximum Gasteiger partial charge on any atom is 0.387 e. The number of hydrazone groups is 1. The second kappa shape index (κ2) is 6.05. The summed E-state index contributed by atoms with van der Waals surface area (Å²) in [5.74, 6) is -0.527. The predicted octanol–water partition coefficient (Wildman–Crippen LogP) is 2.77. The number of alkyl halides is 2. The second-order valence-electron chi connectivity index (χ2n) is 4.76. The summed E-state index contributed by atoms with van der Waals surface area (Å²) in [6.45, 7) is 2.22. The first-order valence-corrected chi connectivity index (χ1v) is 6.47. The van der Waals surface area contributed by atoms with Crippen LogP contribution in [0.2, 0.25) is 0 Å². The fourth-order valence-corrected chi connectivity index (χ4v) is 2.22. The van der Waals surface area contributed by atoms with Gasteiger partial charge in [0.15, 0.2) is 0 Å². The summed E-state index contributed by atoms with van der Waals surface area (Å²) < 4.78 is 28.5. The lowest BCUT2D eigenvalue weighted by Crippen LogP contribution is -2.40. The number of amides is 1. The number of nitrogens with zero attached hydrogens (tertiary/aromatic N) is 2. The minimum absolute atomic E-state index is 0.0289. The molecule has 116 valence electrons. The van der Waals surface area contributed by atoms with E-state index >= 15 is 0 Å². The van der Waals surface area contributed by atoms with Crippen LogP contribution in [0.1, 0.15) is 13.3 Å². The van der Waals surface area contributed by atoms with Crippen molar-refractivity contribution in [2.24, 2.45) is 10.5 Å². The fraction of sp³-hybridized carbons (Fsp3) is 0.267. The largest absolute Gasteiger partial charge is 0.435 e. The summed E-state index contributed by atoms with van der Waals surface area (Å²) in [6.07, 6.45) is 2.19. The maximum atomic E-state index is 12.5. The number of carbonyl (C=O) groups excluding carboxylic acids is 2. The first kappa shape index (κ1) is 15.8. The lowest BCUT2D eigenvalue weighted by Gasteiger charge is -2.20. The molecular formula is C15H14F2N2O3. The van der Waals surface area contributed by atoms with Crippen molar-refractivity contribution >= 4 is 23.6 Å². The third-order valence-electron chi connectivity index (χ3n) is 3.44. The lowest BCUT2D eigenvalue weighted by molar-refractivity contribution is -0.129. The third kappa shape index (κ3) is 2.61. The summed E-state index contributed by atoms with van der Waals surface area (Å²) in [5, 5.41) is 5.19. The summed E-state index contributed by atoms with van der Waals surface area (Å²) in [7, 11) is 0. The SMILES string of the molecule is C=CCC1(C=O)C(=O)N(c2ccc(OC(F)F)cc2)N=C1C. The van der Waals surface area contributed by atoms with Crippen LogP contribution in [-0.2, 0) is 9.59 Å². The van der Waals surface area contributed by atoms with E-state index in [1.54, 1.807) is 6.92 Å². The zero-order valence-electron chi connectivity index (χ0n) is 11.8. The van der Waals surface area contributed by atoms with E-state index in [-0.39, 0.29) is 12.2 Å².